The maximum absolute atomic E-state index is 11.6. The van der Waals surface area contributed by atoms with Gasteiger partial charge in [-0.2, -0.15) is 0 Å². The molecular weight excluding hydrogens is 260 g/mol. The number of carbonyl (C=O) groups excluding carboxylic acids is 2. The fourth-order valence-corrected chi connectivity index (χ4v) is 1.61. The van der Waals surface area contributed by atoms with Crippen molar-refractivity contribution < 1.29 is 24.2 Å². The van der Waals surface area contributed by atoms with E-state index in [4.69, 9.17) is 9.47 Å². The summed E-state index contributed by atoms with van der Waals surface area (Å²) >= 11 is 0. The Morgan fingerprint density at radius 3 is 2.15 bits per heavy atom. The molecule has 0 aliphatic rings. The van der Waals surface area contributed by atoms with E-state index in [0.717, 1.165) is 0 Å². The lowest BCUT2D eigenvalue weighted by atomic mass is 10.2. The lowest BCUT2D eigenvalue weighted by molar-refractivity contribution is -0.137. The molecule has 1 rings (SSSR count). The molecule has 0 heterocycles. The number of phenols is 1. The van der Waals surface area contributed by atoms with Crippen LogP contribution in [0.3, 0.4) is 0 Å². The lowest BCUT2D eigenvalue weighted by Crippen LogP contribution is -2.12. The van der Waals surface area contributed by atoms with Crippen molar-refractivity contribution in [3.05, 3.63) is 17.7 Å². The first-order valence-electron chi connectivity index (χ1n) is 6.73. The fourth-order valence-electron chi connectivity index (χ4n) is 1.61. The van der Waals surface area contributed by atoms with Gasteiger partial charge in [-0.1, -0.05) is 13.8 Å². The van der Waals surface area contributed by atoms with Gasteiger partial charge >= 0.3 is 11.9 Å². The van der Waals surface area contributed by atoms with E-state index in [0.29, 0.717) is 18.4 Å². The molecule has 0 spiro atoms. The highest BCUT2D eigenvalue weighted by Gasteiger charge is 2.18. The number of ether oxygens (including phenoxy) is 2. The van der Waals surface area contributed by atoms with E-state index in [1.165, 1.54) is 12.1 Å². The first-order valence-corrected chi connectivity index (χ1v) is 6.73. The normalized spacial score (nSPS) is 10.2. The summed E-state index contributed by atoms with van der Waals surface area (Å²) in [5, 5.41) is 9.67. The number of carbonyl (C=O) groups is 2. The molecule has 0 bridgehead atoms. The van der Waals surface area contributed by atoms with Gasteiger partial charge in [0.1, 0.15) is 5.75 Å². The van der Waals surface area contributed by atoms with Crippen LogP contribution in [0.2, 0.25) is 0 Å². The Kier molecular flexibility index (Phi) is 6.03. The van der Waals surface area contributed by atoms with E-state index in [1.807, 2.05) is 13.8 Å². The summed E-state index contributed by atoms with van der Waals surface area (Å²) in [6.45, 7) is 5.32. The molecular formula is C15H20O5. The van der Waals surface area contributed by atoms with Gasteiger partial charge < -0.3 is 14.6 Å². The van der Waals surface area contributed by atoms with Gasteiger partial charge in [0, 0.05) is 18.4 Å². The summed E-state index contributed by atoms with van der Waals surface area (Å²) in [5.41, 5.74) is 0.372. The number of esters is 2. The minimum atomic E-state index is -0.422. The molecule has 0 aromatic heterocycles. The van der Waals surface area contributed by atoms with Crippen molar-refractivity contribution in [2.75, 3.05) is 0 Å². The zero-order chi connectivity index (χ0) is 15.1. The Balaban J connectivity index is 3.01. The summed E-state index contributed by atoms with van der Waals surface area (Å²) in [5.74, 6) is -0.574. The minimum Gasteiger partial charge on any atom is -0.508 e. The van der Waals surface area contributed by atoms with E-state index in [9.17, 15) is 14.7 Å². The zero-order valence-corrected chi connectivity index (χ0v) is 12.1. The largest absolute Gasteiger partial charge is 0.508 e. The van der Waals surface area contributed by atoms with Gasteiger partial charge in [-0.25, -0.2) is 0 Å². The van der Waals surface area contributed by atoms with E-state index in [-0.39, 0.29) is 30.1 Å². The Hall–Kier alpha value is -2.04. The first-order chi connectivity index (χ1) is 9.49. The molecule has 1 aromatic rings. The summed E-state index contributed by atoms with van der Waals surface area (Å²) in [6.07, 6.45) is 1.86. The fraction of sp³-hybridized carbons (Fsp3) is 0.467. The summed E-state index contributed by atoms with van der Waals surface area (Å²) < 4.78 is 10.4. The van der Waals surface area contributed by atoms with Crippen LogP contribution >= 0.6 is 0 Å². The van der Waals surface area contributed by atoms with E-state index < -0.39 is 11.9 Å². The number of aromatic hydroxyl groups is 1. The molecule has 0 fully saturated rings. The van der Waals surface area contributed by atoms with Crippen LogP contribution in [0.5, 0.6) is 17.2 Å². The van der Waals surface area contributed by atoms with Crippen LogP contribution in [-0.2, 0) is 9.59 Å². The highest BCUT2D eigenvalue weighted by Crippen LogP contribution is 2.37. The van der Waals surface area contributed by atoms with E-state index in [1.54, 1.807) is 6.92 Å². The van der Waals surface area contributed by atoms with Crippen LogP contribution in [0.25, 0.3) is 0 Å². The highest BCUT2D eigenvalue weighted by atomic mass is 16.6. The predicted octanol–water partition coefficient (Wildman–Crippen LogP) is 3.11. The maximum atomic E-state index is 11.6. The number of rotatable bonds is 6. The molecule has 0 radical (unpaired) electrons. The van der Waals surface area contributed by atoms with Crippen LogP contribution in [0.15, 0.2) is 12.1 Å². The number of phenolic OH excluding ortho intramolecular Hbond substituents is 1. The lowest BCUT2D eigenvalue weighted by Gasteiger charge is -2.13. The Bertz CT molecular complexity index is 493. The quantitative estimate of drug-likeness (QED) is 0.640. The van der Waals surface area contributed by atoms with Gasteiger partial charge in [-0.15, -0.1) is 0 Å². The van der Waals surface area contributed by atoms with E-state index in [2.05, 4.69) is 0 Å². The number of benzene rings is 1. The second kappa shape index (κ2) is 7.53. The second-order valence-electron chi connectivity index (χ2n) is 4.49. The molecule has 110 valence electrons. The predicted molar refractivity (Wildman–Crippen MR) is 73.9 cm³/mol. The summed E-state index contributed by atoms with van der Waals surface area (Å²) in [4.78, 5) is 23.1. The van der Waals surface area contributed by atoms with Crippen molar-refractivity contribution in [1.29, 1.82) is 0 Å². The molecule has 0 amide bonds. The summed E-state index contributed by atoms with van der Waals surface area (Å²) in [6, 6.07) is 2.82. The molecule has 0 atom stereocenters. The molecule has 0 saturated carbocycles. The van der Waals surface area contributed by atoms with Crippen molar-refractivity contribution in [2.45, 2.75) is 46.5 Å². The van der Waals surface area contributed by atoms with Gasteiger partial charge in [0.2, 0.25) is 0 Å². The molecule has 5 nitrogen and oxygen atoms in total. The van der Waals surface area contributed by atoms with Crippen molar-refractivity contribution >= 4 is 11.9 Å². The van der Waals surface area contributed by atoms with Gasteiger partial charge in [0.25, 0.3) is 0 Å². The average Bonchev–Trinajstić information content (AvgIpc) is 2.39. The third-order valence-electron chi connectivity index (χ3n) is 2.69. The van der Waals surface area contributed by atoms with Crippen molar-refractivity contribution in [2.24, 2.45) is 0 Å². The molecule has 1 aromatic carbocycles. The van der Waals surface area contributed by atoms with Crippen molar-refractivity contribution in [1.82, 2.24) is 0 Å². The number of hydrogen-bond donors (Lipinski definition) is 1. The topological polar surface area (TPSA) is 72.8 Å². The van der Waals surface area contributed by atoms with Gasteiger partial charge in [-0.05, 0) is 31.9 Å². The SMILES string of the molecule is CCCC(=O)Oc1ccc(O)c(C)c1OC(=O)CCC. The standard InChI is InChI=1S/C15H20O5/c1-4-6-13(17)19-12-9-8-11(16)10(3)15(12)20-14(18)7-5-2/h8-9,16H,4-7H2,1-3H3. The van der Waals surface area contributed by atoms with Crippen LogP contribution < -0.4 is 9.47 Å². The minimum absolute atomic E-state index is 0.0143. The molecule has 5 heteroatoms. The molecule has 0 unspecified atom stereocenters. The highest BCUT2D eigenvalue weighted by molar-refractivity contribution is 5.77. The molecule has 20 heavy (non-hydrogen) atoms. The average molecular weight is 280 g/mol. The smallest absolute Gasteiger partial charge is 0.311 e. The zero-order valence-electron chi connectivity index (χ0n) is 12.1. The summed E-state index contributed by atoms with van der Waals surface area (Å²) in [7, 11) is 0. The van der Waals surface area contributed by atoms with E-state index >= 15 is 0 Å². The Labute approximate surface area is 118 Å². The second-order valence-corrected chi connectivity index (χ2v) is 4.49. The molecule has 0 aliphatic carbocycles. The molecule has 1 N–H and O–H groups in total. The van der Waals surface area contributed by atoms with Crippen LogP contribution in [0, 0.1) is 6.92 Å². The maximum Gasteiger partial charge on any atom is 0.311 e. The molecule has 0 aliphatic heterocycles. The van der Waals surface area contributed by atoms with Gasteiger partial charge in [-0.3, -0.25) is 9.59 Å². The molecule has 0 saturated heterocycles. The van der Waals surface area contributed by atoms with Gasteiger partial charge in [0.05, 0.1) is 0 Å². The van der Waals surface area contributed by atoms with Gasteiger partial charge in [0.15, 0.2) is 11.5 Å². The van der Waals surface area contributed by atoms with Crippen LogP contribution in [0.4, 0.5) is 0 Å². The first kappa shape index (κ1) is 16.0. The third kappa shape index (κ3) is 4.26. The Morgan fingerprint density at radius 1 is 1.05 bits per heavy atom. The van der Waals surface area contributed by atoms with Crippen LogP contribution in [-0.4, -0.2) is 17.0 Å². The number of hydrogen-bond acceptors (Lipinski definition) is 5. The van der Waals surface area contributed by atoms with Crippen molar-refractivity contribution in [3.63, 3.8) is 0 Å². The van der Waals surface area contributed by atoms with Crippen LogP contribution in [0.1, 0.15) is 45.1 Å². The van der Waals surface area contributed by atoms with Crippen molar-refractivity contribution in [3.8, 4) is 17.2 Å². The third-order valence-corrected chi connectivity index (χ3v) is 2.69. The Morgan fingerprint density at radius 2 is 1.60 bits per heavy atom. The monoisotopic (exact) mass is 280 g/mol.